The lowest BCUT2D eigenvalue weighted by molar-refractivity contribution is -0.685. The summed E-state index contributed by atoms with van der Waals surface area (Å²) in [5, 5.41) is 2.27. The van der Waals surface area contributed by atoms with E-state index in [9.17, 15) is 0 Å². The van der Waals surface area contributed by atoms with Crippen LogP contribution < -0.4 is 4.57 Å². The summed E-state index contributed by atoms with van der Waals surface area (Å²) in [4.78, 5) is 0. The molecule has 1 heterocycles. The summed E-state index contributed by atoms with van der Waals surface area (Å²) in [6.45, 7) is 7.67. The van der Waals surface area contributed by atoms with Gasteiger partial charge >= 0.3 is 0 Å². The average Bonchev–Trinajstić information content (AvgIpc) is 2.81. The highest BCUT2D eigenvalue weighted by Crippen LogP contribution is 2.20. The molecule has 5 heteroatoms. The lowest BCUT2D eigenvalue weighted by atomic mass is 10.1. The molecule has 3 aromatic rings. The summed E-state index contributed by atoms with van der Waals surface area (Å²) >= 11 is 18.7. The van der Waals surface area contributed by atoms with E-state index in [1.807, 2.05) is 31.2 Å². The Labute approximate surface area is 163 Å². The first-order valence-electron chi connectivity index (χ1n) is 8.10. The molecular formula is C20H20Cl3N2+. The SMILES string of the molecule is Cc1cc(Cl)ccc1Cn1c[n+](Cc2ccc(Cl)cc2C)c(Cl)c1C. The highest BCUT2D eigenvalue weighted by Gasteiger charge is 2.19. The Morgan fingerprint density at radius 3 is 1.96 bits per heavy atom. The van der Waals surface area contributed by atoms with Crippen molar-refractivity contribution in [2.45, 2.75) is 33.9 Å². The lowest BCUT2D eigenvalue weighted by Crippen LogP contribution is -2.33. The van der Waals surface area contributed by atoms with Gasteiger partial charge in [0.1, 0.15) is 13.1 Å². The number of hydrogen-bond acceptors (Lipinski definition) is 0. The van der Waals surface area contributed by atoms with Crippen molar-refractivity contribution in [3.63, 3.8) is 0 Å². The molecule has 0 spiro atoms. The van der Waals surface area contributed by atoms with Crippen molar-refractivity contribution in [3.05, 3.63) is 85.9 Å². The van der Waals surface area contributed by atoms with Gasteiger partial charge in [-0.1, -0.05) is 35.3 Å². The standard InChI is InChI=1S/C20H20Cl3N2/c1-13-8-18(21)6-4-16(13)10-24-12-25(20(23)15(24)3)11-17-5-7-19(22)9-14(17)2/h4-9,12H,10-11H2,1-3H3/q+1. The average molecular weight is 395 g/mol. The van der Waals surface area contributed by atoms with Crippen LogP contribution in [0.4, 0.5) is 0 Å². The summed E-state index contributed by atoms with van der Waals surface area (Å²) in [5.74, 6) is 0. The Morgan fingerprint density at radius 1 is 0.840 bits per heavy atom. The number of hydrogen-bond donors (Lipinski definition) is 0. The molecule has 0 saturated heterocycles. The molecule has 0 saturated carbocycles. The summed E-state index contributed by atoms with van der Waals surface area (Å²) < 4.78 is 4.24. The molecule has 0 unspecified atom stereocenters. The predicted octanol–water partition coefficient (Wildman–Crippen LogP) is 5.76. The molecule has 0 aliphatic heterocycles. The van der Waals surface area contributed by atoms with Crippen LogP contribution in [0.1, 0.15) is 27.9 Å². The van der Waals surface area contributed by atoms with Gasteiger partial charge in [0, 0.05) is 17.0 Å². The third-order valence-electron chi connectivity index (χ3n) is 4.55. The molecular weight excluding hydrogens is 375 g/mol. The third kappa shape index (κ3) is 4.03. The summed E-state index contributed by atoms with van der Waals surface area (Å²) in [6, 6.07) is 11.9. The molecule has 0 aliphatic carbocycles. The summed E-state index contributed by atoms with van der Waals surface area (Å²) in [7, 11) is 0. The smallest absolute Gasteiger partial charge is 0.229 e. The van der Waals surface area contributed by atoms with Crippen LogP contribution in [0.5, 0.6) is 0 Å². The number of aromatic nitrogens is 2. The Kier molecular flexibility index (Phi) is 5.43. The van der Waals surface area contributed by atoms with Crippen LogP contribution in [-0.2, 0) is 13.1 Å². The zero-order chi connectivity index (χ0) is 18.1. The summed E-state index contributed by atoms with van der Waals surface area (Å²) in [5.41, 5.74) is 5.82. The van der Waals surface area contributed by atoms with Gasteiger partial charge in [0.15, 0.2) is 5.69 Å². The minimum absolute atomic E-state index is 0.718. The molecule has 2 aromatic carbocycles. The number of nitrogens with zero attached hydrogens (tertiary/aromatic N) is 2. The van der Waals surface area contributed by atoms with Crippen LogP contribution in [0.15, 0.2) is 42.7 Å². The first-order valence-corrected chi connectivity index (χ1v) is 9.23. The van der Waals surface area contributed by atoms with E-state index in [-0.39, 0.29) is 0 Å². The number of imidazole rings is 1. The normalized spacial score (nSPS) is 11.1. The van der Waals surface area contributed by atoms with Gasteiger partial charge in [0.25, 0.3) is 0 Å². The number of halogens is 3. The monoisotopic (exact) mass is 393 g/mol. The zero-order valence-electron chi connectivity index (χ0n) is 14.5. The zero-order valence-corrected chi connectivity index (χ0v) is 16.8. The van der Waals surface area contributed by atoms with Gasteiger partial charge in [-0.3, -0.25) is 0 Å². The summed E-state index contributed by atoms with van der Waals surface area (Å²) in [6.07, 6.45) is 2.07. The Morgan fingerprint density at radius 2 is 1.40 bits per heavy atom. The van der Waals surface area contributed by atoms with Crippen LogP contribution in [0.3, 0.4) is 0 Å². The highest BCUT2D eigenvalue weighted by atomic mass is 35.5. The van der Waals surface area contributed by atoms with Gasteiger partial charge in [0.05, 0.1) is 0 Å². The van der Waals surface area contributed by atoms with Crippen molar-refractivity contribution < 1.29 is 4.57 Å². The maximum Gasteiger partial charge on any atom is 0.245 e. The molecule has 2 nitrogen and oxygen atoms in total. The maximum absolute atomic E-state index is 6.57. The molecule has 3 rings (SSSR count). The van der Waals surface area contributed by atoms with Crippen molar-refractivity contribution in [1.82, 2.24) is 4.57 Å². The third-order valence-corrected chi connectivity index (χ3v) is 5.51. The minimum atomic E-state index is 0.718. The number of rotatable bonds is 4. The predicted molar refractivity (Wildman–Crippen MR) is 105 cm³/mol. The maximum atomic E-state index is 6.57. The molecule has 0 amide bonds. The van der Waals surface area contributed by atoms with E-state index in [0.717, 1.165) is 39.5 Å². The molecule has 0 atom stereocenters. The molecule has 0 aliphatic rings. The van der Waals surface area contributed by atoms with Crippen LogP contribution in [0.25, 0.3) is 0 Å². The molecule has 0 radical (unpaired) electrons. The van der Waals surface area contributed by atoms with Gasteiger partial charge in [-0.25, -0.2) is 9.13 Å². The second-order valence-corrected chi connectivity index (χ2v) is 7.62. The highest BCUT2D eigenvalue weighted by molar-refractivity contribution is 6.31. The van der Waals surface area contributed by atoms with Crippen LogP contribution in [-0.4, -0.2) is 4.57 Å². The van der Waals surface area contributed by atoms with Crippen molar-refractivity contribution in [1.29, 1.82) is 0 Å². The minimum Gasteiger partial charge on any atom is -0.229 e. The van der Waals surface area contributed by atoms with Gasteiger partial charge in [-0.15, -0.1) is 0 Å². The second kappa shape index (κ2) is 7.41. The Balaban J connectivity index is 1.89. The van der Waals surface area contributed by atoms with E-state index in [0.29, 0.717) is 0 Å². The van der Waals surface area contributed by atoms with Gasteiger partial charge in [0.2, 0.25) is 11.5 Å². The van der Waals surface area contributed by atoms with Gasteiger partial charge in [-0.2, -0.15) is 0 Å². The van der Waals surface area contributed by atoms with Crippen molar-refractivity contribution in [3.8, 4) is 0 Å². The topological polar surface area (TPSA) is 8.81 Å². The van der Waals surface area contributed by atoms with Crippen LogP contribution >= 0.6 is 34.8 Å². The molecule has 25 heavy (non-hydrogen) atoms. The van der Waals surface area contributed by atoms with Crippen molar-refractivity contribution in [2.75, 3.05) is 0 Å². The fourth-order valence-electron chi connectivity index (χ4n) is 2.94. The second-order valence-electron chi connectivity index (χ2n) is 6.39. The number of aryl methyl sites for hydroxylation is 2. The fourth-order valence-corrected chi connectivity index (χ4v) is 3.61. The van der Waals surface area contributed by atoms with E-state index in [1.165, 1.54) is 16.7 Å². The molecule has 130 valence electrons. The van der Waals surface area contributed by atoms with E-state index in [1.54, 1.807) is 0 Å². The molecule has 0 fully saturated rings. The lowest BCUT2D eigenvalue weighted by Gasteiger charge is -2.05. The molecule has 0 N–H and O–H groups in total. The van der Waals surface area contributed by atoms with Crippen LogP contribution in [0.2, 0.25) is 15.2 Å². The number of benzene rings is 2. The van der Waals surface area contributed by atoms with Crippen molar-refractivity contribution in [2.24, 2.45) is 0 Å². The first kappa shape index (κ1) is 18.3. The van der Waals surface area contributed by atoms with E-state index in [2.05, 4.69) is 41.4 Å². The largest absolute Gasteiger partial charge is 0.245 e. The Bertz CT molecular complexity index is 855. The van der Waals surface area contributed by atoms with E-state index in [4.69, 9.17) is 34.8 Å². The van der Waals surface area contributed by atoms with E-state index >= 15 is 0 Å². The van der Waals surface area contributed by atoms with Gasteiger partial charge in [-0.05, 0) is 72.0 Å². The Hall–Kier alpha value is -1.48. The van der Waals surface area contributed by atoms with Crippen LogP contribution in [0, 0.1) is 20.8 Å². The van der Waals surface area contributed by atoms with Gasteiger partial charge < -0.3 is 0 Å². The molecule has 1 aromatic heterocycles. The first-order chi connectivity index (χ1) is 11.8. The van der Waals surface area contributed by atoms with E-state index < -0.39 is 0 Å². The van der Waals surface area contributed by atoms with Crippen molar-refractivity contribution >= 4 is 34.8 Å². The quantitative estimate of drug-likeness (QED) is 0.498. The fraction of sp³-hybridized carbons (Fsp3) is 0.250. The molecule has 0 bridgehead atoms.